The van der Waals surface area contributed by atoms with Gasteiger partial charge in [-0.25, -0.2) is 4.98 Å². The van der Waals surface area contributed by atoms with Crippen LogP contribution < -0.4 is 15.5 Å². The molecule has 1 atom stereocenters. The van der Waals surface area contributed by atoms with Gasteiger partial charge in [-0.2, -0.15) is 0 Å². The minimum absolute atomic E-state index is 0.00826. The van der Waals surface area contributed by atoms with Crippen LogP contribution in [-0.4, -0.2) is 74.4 Å². The topological polar surface area (TPSA) is 57.6 Å². The number of imidazole rings is 1. The second-order valence-corrected chi connectivity index (χ2v) is 10.1. The average molecular weight is 477 g/mol. The first-order valence-electron chi connectivity index (χ1n) is 13.1. The lowest BCUT2D eigenvalue weighted by molar-refractivity contribution is -0.0169. The highest BCUT2D eigenvalue weighted by atomic mass is 16.5. The van der Waals surface area contributed by atoms with E-state index in [4.69, 9.17) is 9.72 Å². The van der Waals surface area contributed by atoms with Gasteiger partial charge < -0.3 is 29.7 Å². The number of nitrogens with zero attached hydrogens (tertiary/aromatic N) is 4. The maximum atomic E-state index is 6.07. The molecule has 2 aliphatic heterocycles. The van der Waals surface area contributed by atoms with Gasteiger partial charge >= 0.3 is 0 Å². The first-order chi connectivity index (χ1) is 17.1. The quantitative estimate of drug-likeness (QED) is 0.519. The van der Waals surface area contributed by atoms with Crippen molar-refractivity contribution in [3.8, 4) is 0 Å². The van der Waals surface area contributed by atoms with Gasteiger partial charge in [0.25, 0.3) is 0 Å². The van der Waals surface area contributed by atoms with Crippen LogP contribution in [0.1, 0.15) is 41.7 Å². The van der Waals surface area contributed by atoms with Crippen LogP contribution in [0.15, 0.2) is 42.7 Å². The Hall–Kier alpha value is -2.45. The fraction of sp³-hybridized carbons (Fsp3) is 0.536. The third-order valence-corrected chi connectivity index (χ3v) is 7.55. The number of hydrogen-bond acceptors (Lipinski definition) is 6. The molecule has 188 valence electrons. The van der Waals surface area contributed by atoms with Gasteiger partial charge in [0, 0.05) is 51.5 Å². The Balaban J connectivity index is 1.44. The highest BCUT2D eigenvalue weighted by Gasteiger charge is 2.27. The summed E-state index contributed by atoms with van der Waals surface area (Å²) in [6.07, 6.45) is 4.29. The summed E-state index contributed by atoms with van der Waals surface area (Å²) in [6, 6.07) is 13.5. The van der Waals surface area contributed by atoms with Crippen molar-refractivity contribution >= 4 is 16.7 Å². The first kappa shape index (κ1) is 24.3. The molecule has 3 aromatic rings. The molecule has 2 saturated heterocycles. The van der Waals surface area contributed by atoms with Gasteiger partial charge in [0.05, 0.1) is 24.0 Å². The summed E-state index contributed by atoms with van der Waals surface area (Å²) in [5.41, 5.74) is 7.89. The van der Waals surface area contributed by atoms with Crippen molar-refractivity contribution in [2.24, 2.45) is 0 Å². The number of nitrogens with one attached hydrogen (secondary N) is 2. The Morgan fingerprint density at radius 3 is 2.80 bits per heavy atom. The van der Waals surface area contributed by atoms with E-state index < -0.39 is 0 Å². The number of aromatic nitrogens is 2. The smallest absolute Gasteiger partial charge is 0.147 e. The summed E-state index contributed by atoms with van der Waals surface area (Å²) in [5.74, 6) is 0.515. The summed E-state index contributed by atoms with van der Waals surface area (Å²) in [4.78, 5) is 9.95. The normalized spacial score (nSPS) is 19.7. The molecule has 1 aromatic heterocycles. The Bertz CT molecular complexity index is 1110. The zero-order valence-electron chi connectivity index (χ0n) is 21.5. The second-order valence-electron chi connectivity index (χ2n) is 10.1. The number of morpholine rings is 1. The highest BCUT2D eigenvalue weighted by molar-refractivity contribution is 5.81. The lowest BCUT2D eigenvalue weighted by atomic mass is 9.85. The summed E-state index contributed by atoms with van der Waals surface area (Å²) in [6.45, 7) is 9.77. The average Bonchev–Trinajstić information content (AvgIpc) is 3.32. The molecule has 35 heavy (non-hydrogen) atoms. The van der Waals surface area contributed by atoms with Crippen molar-refractivity contribution in [2.75, 3.05) is 64.9 Å². The van der Waals surface area contributed by atoms with Gasteiger partial charge in [0.15, 0.2) is 0 Å². The highest BCUT2D eigenvalue weighted by Crippen LogP contribution is 2.37. The van der Waals surface area contributed by atoms with Gasteiger partial charge in [-0.3, -0.25) is 0 Å². The zero-order valence-corrected chi connectivity index (χ0v) is 21.5. The van der Waals surface area contributed by atoms with Crippen LogP contribution in [0, 0.1) is 6.92 Å². The van der Waals surface area contributed by atoms with E-state index >= 15 is 0 Å². The van der Waals surface area contributed by atoms with E-state index in [1.165, 1.54) is 27.9 Å². The van der Waals surface area contributed by atoms with Crippen molar-refractivity contribution in [1.29, 1.82) is 0 Å². The molecule has 7 nitrogen and oxygen atoms in total. The van der Waals surface area contributed by atoms with E-state index in [9.17, 15) is 0 Å². The number of hydrogen-bond donors (Lipinski definition) is 2. The Labute approximate surface area is 209 Å². The predicted octanol–water partition coefficient (Wildman–Crippen LogP) is 3.50. The Morgan fingerprint density at radius 1 is 1.20 bits per heavy atom. The molecule has 2 aliphatic rings. The van der Waals surface area contributed by atoms with E-state index in [-0.39, 0.29) is 6.23 Å². The third-order valence-electron chi connectivity index (χ3n) is 7.55. The monoisotopic (exact) mass is 476 g/mol. The van der Waals surface area contributed by atoms with Gasteiger partial charge in [-0.05, 0) is 74.7 Å². The van der Waals surface area contributed by atoms with Crippen LogP contribution >= 0.6 is 0 Å². The van der Waals surface area contributed by atoms with Crippen molar-refractivity contribution in [1.82, 2.24) is 25.1 Å². The Morgan fingerprint density at radius 2 is 2.06 bits per heavy atom. The van der Waals surface area contributed by atoms with E-state index in [1.54, 1.807) is 0 Å². The van der Waals surface area contributed by atoms with Gasteiger partial charge in [-0.1, -0.05) is 18.2 Å². The van der Waals surface area contributed by atoms with E-state index in [1.807, 2.05) is 13.4 Å². The maximum Gasteiger partial charge on any atom is 0.147 e. The molecule has 7 heteroatoms. The molecule has 0 bridgehead atoms. The predicted molar refractivity (Wildman–Crippen MR) is 143 cm³/mol. The molecule has 0 aliphatic carbocycles. The molecule has 2 N–H and O–H groups in total. The van der Waals surface area contributed by atoms with Crippen LogP contribution in [0.4, 0.5) is 5.69 Å². The number of likely N-dealkylation sites (N-methyl/N-ethyl adjacent to an activating group) is 2. The minimum atomic E-state index is 0.00826. The summed E-state index contributed by atoms with van der Waals surface area (Å²) < 4.78 is 8.29. The molecule has 1 unspecified atom stereocenters. The SMILES string of the molecule is CNCCN(C)Cc1ccc2c(ncn2C2CNCCO2)c1C1CCN(c2cccc(C)c2)CC1. The van der Waals surface area contributed by atoms with E-state index in [0.717, 1.165) is 70.8 Å². The number of benzene rings is 2. The van der Waals surface area contributed by atoms with Crippen LogP contribution in [0.25, 0.3) is 11.0 Å². The maximum absolute atomic E-state index is 6.07. The zero-order chi connectivity index (χ0) is 24.2. The Kier molecular flexibility index (Phi) is 7.68. The number of anilines is 1. The molecule has 0 spiro atoms. The molecule has 3 heterocycles. The molecular formula is C28H40N6O. The minimum Gasteiger partial charge on any atom is -0.371 e. The van der Waals surface area contributed by atoms with Gasteiger partial charge in [0.2, 0.25) is 0 Å². The summed E-state index contributed by atoms with van der Waals surface area (Å²) in [5, 5.41) is 6.73. The van der Waals surface area contributed by atoms with Crippen LogP contribution in [0.5, 0.6) is 0 Å². The third kappa shape index (κ3) is 5.38. The van der Waals surface area contributed by atoms with Crippen molar-refractivity contribution in [2.45, 2.75) is 38.5 Å². The lowest BCUT2D eigenvalue weighted by Gasteiger charge is -2.35. The van der Waals surface area contributed by atoms with E-state index in [2.05, 4.69) is 75.4 Å². The van der Waals surface area contributed by atoms with Gasteiger partial charge in [0.1, 0.15) is 6.23 Å². The molecule has 0 radical (unpaired) electrons. The van der Waals surface area contributed by atoms with E-state index in [0.29, 0.717) is 5.92 Å². The van der Waals surface area contributed by atoms with Crippen molar-refractivity contribution in [3.05, 3.63) is 59.4 Å². The largest absolute Gasteiger partial charge is 0.371 e. The van der Waals surface area contributed by atoms with Crippen LogP contribution in [0.2, 0.25) is 0 Å². The standard InChI is InChI=1S/C28H40N6O/c1-21-5-4-6-24(17-21)33-13-9-22(10-14-33)27-23(19-32(3)15-11-29-2)7-8-25-28(27)31-20-34(25)26-18-30-12-16-35-26/h4-8,17,20,22,26,29-30H,9-16,18-19H2,1-3H3. The molecule has 0 amide bonds. The number of piperidine rings is 1. The fourth-order valence-corrected chi connectivity index (χ4v) is 5.64. The molecule has 5 rings (SSSR count). The van der Waals surface area contributed by atoms with Gasteiger partial charge in [-0.15, -0.1) is 0 Å². The molecule has 2 fully saturated rings. The fourth-order valence-electron chi connectivity index (χ4n) is 5.64. The number of aryl methyl sites for hydroxylation is 1. The van der Waals surface area contributed by atoms with Crippen LogP contribution in [0.3, 0.4) is 0 Å². The van der Waals surface area contributed by atoms with Crippen molar-refractivity contribution < 1.29 is 4.74 Å². The van der Waals surface area contributed by atoms with Crippen molar-refractivity contribution in [3.63, 3.8) is 0 Å². The molecular weight excluding hydrogens is 436 g/mol. The first-order valence-corrected chi connectivity index (χ1v) is 13.1. The number of ether oxygens (including phenoxy) is 1. The summed E-state index contributed by atoms with van der Waals surface area (Å²) in [7, 11) is 4.23. The number of fused-ring (bicyclic) bond motifs is 1. The molecule has 0 saturated carbocycles. The lowest BCUT2D eigenvalue weighted by Crippen LogP contribution is -2.36. The number of rotatable bonds is 8. The summed E-state index contributed by atoms with van der Waals surface area (Å²) >= 11 is 0. The molecule has 2 aromatic carbocycles. The second kappa shape index (κ2) is 11.1. The van der Waals surface area contributed by atoms with Crippen LogP contribution in [-0.2, 0) is 11.3 Å².